The minimum Gasteiger partial charge on any atom is -0.390 e. The smallest absolute Gasteiger partial charge is 0.198 e. The highest BCUT2D eigenvalue weighted by Gasteiger charge is 2.79. The van der Waals surface area contributed by atoms with Gasteiger partial charge in [0, 0.05) is 35.8 Å². The number of aliphatic hydroxyl groups excluding tert-OH is 1. The molecule has 0 bridgehead atoms. The van der Waals surface area contributed by atoms with Gasteiger partial charge in [-0.3, -0.25) is 14.4 Å². The Labute approximate surface area is 220 Å². The number of ketones is 2. The second-order valence-electron chi connectivity index (χ2n) is 12.5. The van der Waals surface area contributed by atoms with E-state index < -0.39 is 70.4 Å². The number of hydrogen-bond donors (Lipinski definition) is 1. The van der Waals surface area contributed by atoms with Gasteiger partial charge in [0.15, 0.2) is 29.5 Å². The SMILES string of the molecule is Cc1ccc(CN2C[C@@H]3C[C@H]4[C@@H]5C[C@H](F)C6=CC(=O)C=C[C@]6(C)[C@@]5(F)[C@@H](O)C[C@]4(C)[C@]3(C(=O)CF)O2)cc1. The molecule has 9 atom stereocenters. The van der Waals surface area contributed by atoms with E-state index in [1.54, 1.807) is 18.9 Å². The molecular formula is C30H34F3NO4. The van der Waals surface area contributed by atoms with Gasteiger partial charge in [-0.1, -0.05) is 42.8 Å². The molecule has 0 unspecified atom stereocenters. The molecular weight excluding hydrogens is 495 g/mol. The molecule has 4 fully saturated rings. The van der Waals surface area contributed by atoms with Gasteiger partial charge in [0.2, 0.25) is 0 Å². The average Bonchev–Trinajstić information content (AvgIpc) is 3.35. The van der Waals surface area contributed by atoms with Gasteiger partial charge in [-0.05, 0) is 62.3 Å². The Morgan fingerprint density at radius 1 is 1.18 bits per heavy atom. The fourth-order valence-corrected chi connectivity index (χ4v) is 8.91. The Kier molecular flexibility index (Phi) is 5.71. The van der Waals surface area contributed by atoms with Crippen LogP contribution in [0.5, 0.6) is 0 Å². The first-order chi connectivity index (χ1) is 17.9. The second kappa shape index (κ2) is 8.35. The molecule has 0 radical (unpaired) electrons. The minimum atomic E-state index is -2.25. The topological polar surface area (TPSA) is 66.8 Å². The molecule has 204 valence electrons. The van der Waals surface area contributed by atoms with Crippen LogP contribution < -0.4 is 0 Å². The number of aryl methyl sites for hydroxylation is 1. The number of alkyl halides is 3. The lowest BCUT2D eigenvalue weighted by molar-refractivity contribution is -0.269. The lowest BCUT2D eigenvalue weighted by atomic mass is 9.44. The zero-order valence-corrected chi connectivity index (χ0v) is 21.9. The first-order valence-corrected chi connectivity index (χ1v) is 13.5. The van der Waals surface area contributed by atoms with Crippen LogP contribution >= 0.6 is 0 Å². The van der Waals surface area contributed by atoms with E-state index in [2.05, 4.69) is 0 Å². The third kappa shape index (κ3) is 3.11. The first kappa shape index (κ1) is 26.0. The van der Waals surface area contributed by atoms with E-state index >= 15 is 8.78 Å². The van der Waals surface area contributed by atoms with Crippen LogP contribution in [-0.2, 0) is 21.0 Å². The van der Waals surface area contributed by atoms with Gasteiger partial charge in [-0.25, -0.2) is 13.2 Å². The van der Waals surface area contributed by atoms with Crippen LogP contribution in [0.3, 0.4) is 0 Å². The molecule has 1 N–H and O–H groups in total. The van der Waals surface area contributed by atoms with Crippen molar-refractivity contribution in [2.45, 2.75) is 70.1 Å². The number of benzene rings is 1. The van der Waals surface area contributed by atoms with Crippen LogP contribution in [0.15, 0.2) is 48.1 Å². The molecule has 1 aliphatic heterocycles. The Hall–Kier alpha value is -2.29. The average molecular weight is 530 g/mol. The molecule has 8 heteroatoms. The molecule has 0 aromatic heterocycles. The summed E-state index contributed by atoms with van der Waals surface area (Å²) in [6, 6.07) is 7.91. The van der Waals surface area contributed by atoms with Crippen molar-refractivity contribution >= 4 is 11.6 Å². The van der Waals surface area contributed by atoms with E-state index in [-0.39, 0.29) is 18.4 Å². The van der Waals surface area contributed by atoms with Crippen LogP contribution in [-0.4, -0.2) is 58.5 Å². The molecule has 0 spiro atoms. The standard InChI is InChI=1S/C30H34F3NO4/c1-17-4-6-18(7-5-17)15-34-16-19-10-21-22-12-24(32)23-11-20(35)8-9-27(23,2)29(22,33)25(36)13-28(21,3)30(19,38-34)26(37)14-31/h4-9,11,19,21-22,24-25,36H,10,12-16H2,1-3H3/t19-,21-,22-,24-,25-,27-,28-,29-,30-/m0/s1. The maximum absolute atomic E-state index is 17.4. The molecule has 0 amide bonds. The Morgan fingerprint density at radius 2 is 1.89 bits per heavy atom. The zero-order valence-electron chi connectivity index (χ0n) is 21.9. The Bertz CT molecular complexity index is 1250. The van der Waals surface area contributed by atoms with E-state index in [0.29, 0.717) is 19.5 Å². The number of allylic oxidation sites excluding steroid dienone is 4. The van der Waals surface area contributed by atoms with Crippen LogP contribution in [0.25, 0.3) is 0 Å². The molecule has 5 aliphatic rings. The molecule has 5 nitrogen and oxygen atoms in total. The summed E-state index contributed by atoms with van der Waals surface area (Å²) in [5, 5.41) is 13.2. The van der Waals surface area contributed by atoms with Gasteiger partial charge in [0.25, 0.3) is 0 Å². The summed E-state index contributed by atoms with van der Waals surface area (Å²) in [5.41, 5.74) is -4.28. The number of halogens is 3. The van der Waals surface area contributed by atoms with Crippen molar-refractivity contribution in [1.29, 1.82) is 0 Å². The van der Waals surface area contributed by atoms with Crippen molar-refractivity contribution in [3.8, 4) is 0 Å². The monoisotopic (exact) mass is 529 g/mol. The summed E-state index contributed by atoms with van der Waals surface area (Å²) in [5.74, 6) is -2.98. The maximum Gasteiger partial charge on any atom is 0.198 e. The van der Waals surface area contributed by atoms with Crippen LogP contribution in [0, 0.1) is 35.5 Å². The fraction of sp³-hybridized carbons (Fsp3) is 0.600. The van der Waals surface area contributed by atoms with Gasteiger partial charge in [-0.2, -0.15) is 5.06 Å². The number of carbonyl (C=O) groups is 2. The van der Waals surface area contributed by atoms with E-state index in [1.807, 2.05) is 31.2 Å². The predicted molar refractivity (Wildman–Crippen MR) is 134 cm³/mol. The van der Waals surface area contributed by atoms with Crippen molar-refractivity contribution in [2.24, 2.45) is 28.6 Å². The summed E-state index contributed by atoms with van der Waals surface area (Å²) < 4.78 is 47.2. The van der Waals surface area contributed by atoms with Crippen molar-refractivity contribution in [2.75, 3.05) is 13.2 Å². The van der Waals surface area contributed by atoms with Gasteiger partial charge < -0.3 is 5.11 Å². The predicted octanol–water partition coefficient (Wildman–Crippen LogP) is 4.56. The molecule has 1 saturated heterocycles. The van der Waals surface area contributed by atoms with Crippen LogP contribution in [0.2, 0.25) is 0 Å². The molecule has 1 aromatic rings. The van der Waals surface area contributed by atoms with Crippen molar-refractivity contribution in [1.82, 2.24) is 5.06 Å². The first-order valence-electron chi connectivity index (χ1n) is 13.5. The molecule has 3 saturated carbocycles. The summed E-state index contributed by atoms with van der Waals surface area (Å²) in [6.07, 6.45) is 0.683. The highest BCUT2D eigenvalue weighted by atomic mass is 19.1. The van der Waals surface area contributed by atoms with Crippen LogP contribution in [0.4, 0.5) is 13.2 Å². The minimum absolute atomic E-state index is 0.0552. The highest BCUT2D eigenvalue weighted by Crippen LogP contribution is 2.72. The van der Waals surface area contributed by atoms with Crippen molar-refractivity contribution in [3.63, 3.8) is 0 Å². The van der Waals surface area contributed by atoms with Crippen molar-refractivity contribution in [3.05, 3.63) is 59.2 Å². The highest BCUT2D eigenvalue weighted by molar-refractivity contribution is 6.01. The third-order valence-corrected chi connectivity index (χ3v) is 10.7. The number of rotatable bonds is 4. The van der Waals surface area contributed by atoms with Crippen LogP contribution in [0.1, 0.15) is 44.2 Å². The van der Waals surface area contributed by atoms with E-state index in [9.17, 15) is 19.1 Å². The molecule has 1 aromatic carbocycles. The normalized spacial score (nSPS) is 45.7. The quantitative estimate of drug-likeness (QED) is 0.620. The summed E-state index contributed by atoms with van der Waals surface area (Å²) >= 11 is 0. The molecule has 38 heavy (non-hydrogen) atoms. The van der Waals surface area contributed by atoms with Crippen molar-refractivity contribution < 1.29 is 32.7 Å². The Balaban J connectivity index is 1.39. The largest absolute Gasteiger partial charge is 0.390 e. The molecule has 4 aliphatic carbocycles. The fourth-order valence-electron chi connectivity index (χ4n) is 8.91. The summed E-state index contributed by atoms with van der Waals surface area (Å²) in [4.78, 5) is 31.9. The Morgan fingerprint density at radius 3 is 2.58 bits per heavy atom. The molecule has 6 rings (SSSR count). The number of hydroxylamine groups is 2. The maximum atomic E-state index is 17.4. The number of aliphatic hydroxyl groups is 1. The third-order valence-electron chi connectivity index (χ3n) is 10.7. The lowest BCUT2D eigenvalue weighted by Crippen LogP contribution is -2.70. The number of hydrogen-bond acceptors (Lipinski definition) is 5. The summed E-state index contributed by atoms with van der Waals surface area (Å²) in [7, 11) is 0. The summed E-state index contributed by atoms with van der Waals surface area (Å²) in [6.45, 7) is 4.83. The van der Waals surface area contributed by atoms with Gasteiger partial charge in [0.05, 0.1) is 6.10 Å². The number of Topliss-reactive ketones (excluding diaryl/α,β-unsaturated/α-hetero) is 1. The van der Waals surface area contributed by atoms with Gasteiger partial charge in [-0.15, -0.1) is 0 Å². The lowest BCUT2D eigenvalue weighted by Gasteiger charge is -2.63. The zero-order chi connectivity index (χ0) is 27.3. The molecule has 1 heterocycles. The van der Waals surface area contributed by atoms with Gasteiger partial charge in [0.1, 0.15) is 6.17 Å². The number of nitrogens with zero attached hydrogens (tertiary/aromatic N) is 1. The second-order valence-corrected chi connectivity index (χ2v) is 12.5. The van der Waals surface area contributed by atoms with Gasteiger partial charge >= 0.3 is 0 Å². The van der Waals surface area contributed by atoms with E-state index in [0.717, 1.165) is 17.2 Å². The number of carbonyl (C=O) groups excluding carboxylic acids is 2. The van der Waals surface area contributed by atoms with E-state index in [1.165, 1.54) is 12.2 Å². The van der Waals surface area contributed by atoms with E-state index in [4.69, 9.17) is 4.84 Å². The number of fused-ring (bicyclic) bond motifs is 7.